The number of nitrogens with one attached hydrogen (secondary N) is 2. The van der Waals surface area contributed by atoms with Crippen LogP contribution in [0.15, 0.2) is 24.3 Å². The molecule has 0 bridgehead atoms. The Morgan fingerprint density at radius 1 is 0.880 bits per heavy atom. The van der Waals surface area contributed by atoms with Crippen LogP contribution in [0.25, 0.3) is 0 Å². The summed E-state index contributed by atoms with van der Waals surface area (Å²) in [5.41, 5.74) is 0.409. The van der Waals surface area contributed by atoms with Gasteiger partial charge in [0.15, 0.2) is 0 Å². The zero-order valence-corrected chi connectivity index (χ0v) is 15.4. The van der Waals surface area contributed by atoms with Crippen molar-refractivity contribution in [1.29, 1.82) is 0 Å². The number of para-hydroxylation sites is 1. The molecule has 0 aromatic heterocycles. The van der Waals surface area contributed by atoms with Crippen LogP contribution in [0.4, 0.5) is 10.5 Å². The predicted octanol–water partition coefficient (Wildman–Crippen LogP) is 5.43. The number of unbranched alkanes of at least 4 members (excludes halogenated alkanes) is 9. The summed E-state index contributed by atoms with van der Waals surface area (Å²) in [6, 6.07) is 6.04. The summed E-state index contributed by atoms with van der Waals surface area (Å²) in [5.74, 6) is -1.05. The average molecular weight is 348 g/mol. The van der Waals surface area contributed by atoms with E-state index in [1.165, 1.54) is 57.4 Å². The van der Waals surface area contributed by atoms with Gasteiger partial charge in [0.25, 0.3) is 0 Å². The number of hydrogen-bond acceptors (Lipinski definition) is 2. The fourth-order valence-electron chi connectivity index (χ4n) is 2.76. The van der Waals surface area contributed by atoms with Crippen molar-refractivity contribution in [3.8, 4) is 0 Å². The second kappa shape index (κ2) is 13.3. The molecule has 0 aliphatic carbocycles. The molecule has 0 fully saturated rings. The van der Waals surface area contributed by atoms with Gasteiger partial charge in [0.1, 0.15) is 0 Å². The van der Waals surface area contributed by atoms with Gasteiger partial charge in [-0.3, -0.25) is 0 Å². The highest BCUT2D eigenvalue weighted by Crippen LogP contribution is 2.14. The largest absolute Gasteiger partial charge is 0.478 e. The number of anilines is 1. The van der Waals surface area contributed by atoms with Crippen LogP contribution in [0, 0.1) is 0 Å². The van der Waals surface area contributed by atoms with E-state index in [1.807, 2.05) is 0 Å². The number of carbonyl (C=O) groups excluding carboxylic acids is 1. The summed E-state index contributed by atoms with van der Waals surface area (Å²) in [5, 5.41) is 14.5. The minimum absolute atomic E-state index is 0.0941. The van der Waals surface area contributed by atoms with E-state index >= 15 is 0 Å². The molecule has 2 amide bonds. The summed E-state index contributed by atoms with van der Waals surface area (Å²) in [6.45, 7) is 2.84. The predicted molar refractivity (Wildman–Crippen MR) is 102 cm³/mol. The third-order valence-corrected chi connectivity index (χ3v) is 4.22. The van der Waals surface area contributed by atoms with Crippen molar-refractivity contribution in [2.45, 2.75) is 71.1 Å². The van der Waals surface area contributed by atoms with Gasteiger partial charge in [-0.2, -0.15) is 0 Å². The van der Waals surface area contributed by atoms with Crippen LogP contribution in [0.3, 0.4) is 0 Å². The first-order valence-electron chi connectivity index (χ1n) is 9.52. The van der Waals surface area contributed by atoms with Crippen molar-refractivity contribution in [2.24, 2.45) is 0 Å². The van der Waals surface area contributed by atoms with Gasteiger partial charge < -0.3 is 15.7 Å². The molecule has 1 aromatic rings. The lowest BCUT2D eigenvalue weighted by Gasteiger charge is -2.09. The van der Waals surface area contributed by atoms with Crippen molar-refractivity contribution >= 4 is 17.7 Å². The van der Waals surface area contributed by atoms with Crippen molar-refractivity contribution in [1.82, 2.24) is 5.32 Å². The first-order chi connectivity index (χ1) is 12.1. The third kappa shape index (κ3) is 9.75. The van der Waals surface area contributed by atoms with Gasteiger partial charge in [-0.1, -0.05) is 76.8 Å². The molecule has 140 valence electrons. The minimum Gasteiger partial charge on any atom is -0.478 e. The van der Waals surface area contributed by atoms with Crippen molar-refractivity contribution < 1.29 is 14.7 Å². The molecule has 1 aromatic carbocycles. The Bertz CT molecular complexity index is 517. The number of hydrogen-bond donors (Lipinski definition) is 3. The number of carboxylic acids is 1. The number of rotatable bonds is 13. The zero-order chi connectivity index (χ0) is 18.3. The van der Waals surface area contributed by atoms with E-state index < -0.39 is 5.97 Å². The van der Waals surface area contributed by atoms with Crippen molar-refractivity contribution in [2.75, 3.05) is 11.9 Å². The highest BCUT2D eigenvalue weighted by atomic mass is 16.4. The van der Waals surface area contributed by atoms with E-state index in [4.69, 9.17) is 5.11 Å². The van der Waals surface area contributed by atoms with E-state index in [9.17, 15) is 9.59 Å². The molecule has 25 heavy (non-hydrogen) atoms. The van der Waals surface area contributed by atoms with Crippen LogP contribution in [0.1, 0.15) is 81.5 Å². The minimum atomic E-state index is -1.05. The first kappa shape index (κ1) is 21.0. The molecule has 0 aliphatic rings. The quantitative estimate of drug-likeness (QED) is 0.416. The number of aromatic carboxylic acids is 1. The second-order valence-electron chi connectivity index (χ2n) is 6.41. The number of urea groups is 1. The second-order valence-corrected chi connectivity index (χ2v) is 6.41. The van der Waals surface area contributed by atoms with E-state index in [2.05, 4.69) is 17.6 Å². The highest BCUT2D eigenvalue weighted by molar-refractivity contribution is 5.99. The molecule has 0 atom stereocenters. The maximum absolute atomic E-state index is 11.8. The van der Waals surface area contributed by atoms with Crippen LogP contribution in [-0.2, 0) is 0 Å². The summed E-state index contributed by atoms with van der Waals surface area (Å²) in [4.78, 5) is 22.9. The first-order valence-corrected chi connectivity index (χ1v) is 9.52. The van der Waals surface area contributed by atoms with Crippen LogP contribution in [0.5, 0.6) is 0 Å². The lowest BCUT2D eigenvalue weighted by Crippen LogP contribution is -2.30. The molecule has 5 heteroatoms. The maximum atomic E-state index is 11.8. The Balaban J connectivity index is 2.05. The summed E-state index contributed by atoms with van der Waals surface area (Å²) < 4.78 is 0. The summed E-state index contributed by atoms with van der Waals surface area (Å²) >= 11 is 0. The van der Waals surface area contributed by atoms with Crippen LogP contribution in [-0.4, -0.2) is 23.7 Å². The molecule has 5 nitrogen and oxygen atoms in total. The molecule has 0 saturated heterocycles. The molecule has 0 aliphatic heterocycles. The van der Waals surface area contributed by atoms with Crippen molar-refractivity contribution in [3.63, 3.8) is 0 Å². The van der Waals surface area contributed by atoms with E-state index in [1.54, 1.807) is 18.2 Å². The number of carboxylic acid groups (broad SMARTS) is 1. The third-order valence-electron chi connectivity index (χ3n) is 4.22. The van der Waals surface area contributed by atoms with E-state index in [0.717, 1.165) is 12.8 Å². The summed E-state index contributed by atoms with van der Waals surface area (Å²) in [7, 11) is 0. The van der Waals surface area contributed by atoms with E-state index in [0.29, 0.717) is 12.2 Å². The number of carbonyl (C=O) groups is 2. The maximum Gasteiger partial charge on any atom is 0.337 e. The normalized spacial score (nSPS) is 10.4. The van der Waals surface area contributed by atoms with Gasteiger partial charge in [-0.15, -0.1) is 0 Å². The Labute approximate surface area is 151 Å². The molecular formula is C20H32N2O3. The SMILES string of the molecule is CCCCCCCCCCCCNC(=O)Nc1ccccc1C(=O)O. The topological polar surface area (TPSA) is 78.4 Å². The van der Waals surface area contributed by atoms with Gasteiger partial charge in [0.2, 0.25) is 0 Å². The molecule has 0 unspecified atom stereocenters. The Kier molecular flexibility index (Phi) is 11.2. The lowest BCUT2D eigenvalue weighted by atomic mass is 10.1. The zero-order valence-electron chi connectivity index (χ0n) is 15.4. The van der Waals surface area contributed by atoms with Crippen LogP contribution in [0.2, 0.25) is 0 Å². The molecule has 0 radical (unpaired) electrons. The van der Waals surface area contributed by atoms with Gasteiger partial charge in [-0.05, 0) is 18.6 Å². The summed E-state index contributed by atoms with van der Waals surface area (Å²) in [6.07, 6.45) is 12.5. The van der Waals surface area contributed by atoms with Crippen LogP contribution >= 0.6 is 0 Å². The monoisotopic (exact) mass is 348 g/mol. The Hall–Kier alpha value is -2.04. The smallest absolute Gasteiger partial charge is 0.337 e. The van der Waals surface area contributed by atoms with Crippen LogP contribution < -0.4 is 10.6 Å². The number of amides is 2. The van der Waals surface area contributed by atoms with Gasteiger partial charge in [0, 0.05) is 6.54 Å². The van der Waals surface area contributed by atoms with E-state index in [-0.39, 0.29) is 11.6 Å². The van der Waals surface area contributed by atoms with Gasteiger partial charge in [0.05, 0.1) is 11.3 Å². The molecule has 1 rings (SSSR count). The molecule has 0 spiro atoms. The standard InChI is InChI=1S/C20H32N2O3/c1-2-3-4-5-6-7-8-9-10-13-16-21-20(25)22-18-15-12-11-14-17(18)19(23)24/h11-12,14-15H,2-10,13,16H2,1H3,(H,23,24)(H2,21,22,25). The highest BCUT2D eigenvalue weighted by Gasteiger charge is 2.10. The Morgan fingerprint density at radius 3 is 2.04 bits per heavy atom. The Morgan fingerprint density at radius 2 is 1.44 bits per heavy atom. The fourth-order valence-corrected chi connectivity index (χ4v) is 2.76. The molecule has 0 saturated carbocycles. The fraction of sp³-hybridized carbons (Fsp3) is 0.600. The molecular weight excluding hydrogens is 316 g/mol. The molecule has 3 N–H and O–H groups in total. The van der Waals surface area contributed by atoms with Crippen molar-refractivity contribution in [3.05, 3.63) is 29.8 Å². The molecule has 0 heterocycles. The van der Waals surface area contributed by atoms with Gasteiger partial charge >= 0.3 is 12.0 Å². The number of benzene rings is 1. The average Bonchev–Trinajstić information content (AvgIpc) is 2.60. The lowest BCUT2D eigenvalue weighted by molar-refractivity contribution is 0.0698. The van der Waals surface area contributed by atoms with Gasteiger partial charge in [-0.25, -0.2) is 9.59 Å².